The molecule has 1 saturated heterocycles. The first-order valence-corrected chi connectivity index (χ1v) is 7.15. The number of rotatable bonds is 2. The van der Waals surface area contributed by atoms with Crippen LogP contribution >= 0.6 is 0 Å². The van der Waals surface area contributed by atoms with Crippen LogP contribution in [0.4, 0.5) is 11.4 Å². The van der Waals surface area contributed by atoms with Gasteiger partial charge >= 0.3 is 0 Å². The van der Waals surface area contributed by atoms with Gasteiger partial charge in [0.25, 0.3) is 5.56 Å². The number of anilines is 2. The molecule has 2 atom stereocenters. The third-order valence-corrected chi connectivity index (χ3v) is 4.32. The fraction of sp³-hybridized carbons (Fsp3) is 0.467. The number of aromatic nitrogens is 2. The molecule has 6 nitrogen and oxygen atoms in total. The summed E-state index contributed by atoms with van der Waals surface area (Å²) in [6, 6.07) is 3.60. The fourth-order valence-corrected chi connectivity index (χ4v) is 2.95. The summed E-state index contributed by atoms with van der Waals surface area (Å²) in [6.07, 6.45) is 2.67. The van der Waals surface area contributed by atoms with E-state index in [2.05, 4.69) is 21.8 Å². The monoisotopic (exact) mass is 288 g/mol. The van der Waals surface area contributed by atoms with Crippen LogP contribution < -0.4 is 16.2 Å². The minimum atomic E-state index is -0.166. The van der Waals surface area contributed by atoms with Gasteiger partial charge in [0.15, 0.2) is 0 Å². The van der Waals surface area contributed by atoms with E-state index < -0.39 is 0 Å². The largest absolute Gasteiger partial charge is 0.397 e. The Morgan fingerprint density at radius 3 is 3.05 bits per heavy atom. The van der Waals surface area contributed by atoms with Crippen molar-refractivity contribution in [2.75, 3.05) is 30.8 Å². The van der Waals surface area contributed by atoms with Crippen molar-refractivity contribution >= 4 is 22.3 Å². The molecule has 21 heavy (non-hydrogen) atoms. The highest BCUT2D eigenvalue weighted by Gasteiger charge is 2.27. The molecular formula is C15H20N4O2. The molecule has 0 aliphatic carbocycles. The first-order valence-electron chi connectivity index (χ1n) is 7.15. The van der Waals surface area contributed by atoms with Gasteiger partial charge in [0.05, 0.1) is 34.7 Å². The Kier molecular flexibility index (Phi) is 3.55. The molecule has 0 amide bonds. The fourth-order valence-electron chi connectivity index (χ4n) is 2.95. The van der Waals surface area contributed by atoms with Crippen molar-refractivity contribution in [1.82, 2.24) is 9.97 Å². The molecule has 1 aliphatic heterocycles. The summed E-state index contributed by atoms with van der Waals surface area (Å²) in [4.78, 5) is 20.8. The molecule has 1 fully saturated rings. The van der Waals surface area contributed by atoms with Crippen molar-refractivity contribution < 1.29 is 4.74 Å². The number of aromatic amines is 1. The quantitative estimate of drug-likeness (QED) is 0.815. The normalized spacial score (nSPS) is 22.7. The highest BCUT2D eigenvalue weighted by atomic mass is 16.5. The average Bonchev–Trinajstić information content (AvgIpc) is 2.48. The number of nitrogens with two attached hydrogens (primary N) is 1. The SMILES string of the molecule is COC1CN(c2cc3nc[nH]c(=O)c3cc2N)CCC1C. The summed E-state index contributed by atoms with van der Waals surface area (Å²) in [5.74, 6) is 0.536. The van der Waals surface area contributed by atoms with Crippen LogP contribution in [0.1, 0.15) is 13.3 Å². The molecule has 0 radical (unpaired) electrons. The van der Waals surface area contributed by atoms with Crippen LogP contribution in [0.15, 0.2) is 23.3 Å². The van der Waals surface area contributed by atoms with E-state index in [0.717, 1.165) is 25.2 Å². The minimum absolute atomic E-state index is 0.166. The van der Waals surface area contributed by atoms with Gasteiger partial charge in [-0.1, -0.05) is 6.92 Å². The van der Waals surface area contributed by atoms with E-state index in [-0.39, 0.29) is 11.7 Å². The zero-order chi connectivity index (χ0) is 15.0. The molecule has 3 rings (SSSR count). The molecule has 2 heterocycles. The maximum absolute atomic E-state index is 11.8. The Morgan fingerprint density at radius 2 is 2.29 bits per heavy atom. The Morgan fingerprint density at radius 1 is 1.48 bits per heavy atom. The van der Waals surface area contributed by atoms with Crippen molar-refractivity contribution in [3.8, 4) is 0 Å². The van der Waals surface area contributed by atoms with Crippen LogP contribution in [0.5, 0.6) is 0 Å². The number of nitrogens with zero attached hydrogens (tertiary/aromatic N) is 2. The lowest BCUT2D eigenvalue weighted by molar-refractivity contribution is 0.0499. The molecule has 0 spiro atoms. The first-order chi connectivity index (χ1) is 10.1. The van der Waals surface area contributed by atoms with Crippen molar-refractivity contribution in [3.63, 3.8) is 0 Å². The van der Waals surface area contributed by atoms with E-state index in [0.29, 0.717) is 22.5 Å². The van der Waals surface area contributed by atoms with Gasteiger partial charge < -0.3 is 20.4 Å². The topological polar surface area (TPSA) is 84.2 Å². The second-order valence-electron chi connectivity index (χ2n) is 5.65. The molecule has 0 bridgehead atoms. The molecule has 2 unspecified atom stereocenters. The van der Waals surface area contributed by atoms with Gasteiger partial charge in [-0.3, -0.25) is 4.79 Å². The van der Waals surface area contributed by atoms with Gasteiger partial charge in [0, 0.05) is 20.2 Å². The number of hydrogen-bond donors (Lipinski definition) is 2. The second-order valence-corrected chi connectivity index (χ2v) is 5.65. The lowest BCUT2D eigenvalue weighted by Crippen LogP contribution is -2.44. The summed E-state index contributed by atoms with van der Waals surface area (Å²) in [6.45, 7) is 3.94. The van der Waals surface area contributed by atoms with Crippen LogP contribution in [0.2, 0.25) is 0 Å². The van der Waals surface area contributed by atoms with Gasteiger partial charge in [-0.2, -0.15) is 0 Å². The van der Waals surface area contributed by atoms with Gasteiger partial charge in [-0.05, 0) is 24.5 Å². The van der Waals surface area contributed by atoms with Crippen molar-refractivity contribution in [1.29, 1.82) is 0 Å². The molecule has 3 N–H and O–H groups in total. The Hall–Kier alpha value is -2.08. The molecule has 112 valence electrons. The molecule has 1 aromatic heterocycles. The van der Waals surface area contributed by atoms with E-state index in [4.69, 9.17) is 10.5 Å². The van der Waals surface area contributed by atoms with E-state index in [1.165, 1.54) is 6.33 Å². The van der Waals surface area contributed by atoms with Crippen molar-refractivity contribution in [2.45, 2.75) is 19.4 Å². The van der Waals surface area contributed by atoms with Crippen LogP contribution in [0, 0.1) is 5.92 Å². The molecular weight excluding hydrogens is 268 g/mol. The average molecular weight is 288 g/mol. The third kappa shape index (κ3) is 2.47. The number of H-pyrrole nitrogens is 1. The number of ether oxygens (including phenoxy) is 1. The predicted molar refractivity (Wildman–Crippen MR) is 83.6 cm³/mol. The third-order valence-electron chi connectivity index (χ3n) is 4.32. The van der Waals surface area contributed by atoms with E-state index >= 15 is 0 Å². The van der Waals surface area contributed by atoms with Gasteiger partial charge in [-0.25, -0.2) is 4.98 Å². The smallest absolute Gasteiger partial charge is 0.258 e. The number of methoxy groups -OCH3 is 1. The van der Waals surface area contributed by atoms with Crippen molar-refractivity contribution in [2.24, 2.45) is 5.92 Å². The van der Waals surface area contributed by atoms with Gasteiger partial charge in [0.1, 0.15) is 0 Å². The van der Waals surface area contributed by atoms with Crippen LogP contribution in [0.3, 0.4) is 0 Å². The highest BCUT2D eigenvalue weighted by molar-refractivity contribution is 5.88. The molecule has 1 aromatic carbocycles. The van der Waals surface area contributed by atoms with Gasteiger partial charge in [-0.15, -0.1) is 0 Å². The summed E-state index contributed by atoms with van der Waals surface area (Å²) < 4.78 is 5.55. The molecule has 2 aromatic rings. The zero-order valence-electron chi connectivity index (χ0n) is 12.3. The number of benzene rings is 1. The molecule has 1 aliphatic rings. The standard InChI is InChI=1S/C15H20N4O2/c1-9-3-4-19(7-14(9)21-2)13-6-12-10(5-11(13)16)15(20)18-8-17-12/h5-6,8-9,14H,3-4,7,16H2,1-2H3,(H,17,18,20). The molecule has 6 heteroatoms. The van der Waals surface area contributed by atoms with Crippen molar-refractivity contribution in [3.05, 3.63) is 28.8 Å². The lowest BCUT2D eigenvalue weighted by atomic mass is 9.95. The lowest BCUT2D eigenvalue weighted by Gasteiger charge is -2.38. The number of nitrogen functional groups attached to an aromatic ring is 1. The summed E-state index contributed by atoms with van der Waals surface area (Å²) in [5.41, 5.74) is 8.17. The zero-order valence-corrected chi connectivity index (χ0v) is 12.3. The van der Waals surface area contributed by atoms with Crippen LogP contribution in [-0.4, -0.2) is 36.3 Å². The number of fused-ring (bicyclic) bond motifs is 1. The molecule has 0 saturated carbocycles. The number of piperidine rings is 1. The summed E-state index contributed by atoms with van der Waals surface area (Å²) in [7, 11) is 1.75. The summed E-state index contributed by atoms with van der Waals surface area (Å²) in [5, 5.41) is 0.521. The Labute approximate surface area is 122 Å². The Balaban J connectivity index is 2.01. The first kappa shape index (κ1) is 13.9. The maximum Gasteiger partial charge on any atom is 0.258 e. The van der Waals surface area contributed by atoms with Crippen LogP contribution in [0.25, 0.3) is 10.9 Å². The minimum Gasteiger partial charge on any atom is -0.397 e. The predicted octanol–water partition coefficient (Wildman–Crippen LogP) is 1.37. The summed E-state index contributed by atoms with van der Waals surface area (Å²) >= 11 is 0. The second kappa shape index (κ2) is 5.37. The van der Waals surface area contributed by atoms with Crippen LogP contribution in [-0.2, 0) is 4.74 Å². The van der Waals surface area contributed by atoms with E-state index in [9.17, 15) is 4.79 Å². The van der Waals surface area contributed by atoms with Gasteiger partial charge in [0.2, 0.25) is 0 Å². The Bertz CT molecular complexity index is 712. The number of nitrogens with one attached hydrogen (secondary N) is 1. The number of hydrogen-bond acceptors (Lipinski definition) is 5. The maximum atomic E-state index is 11.8. The highest BCUT2D eigenvalue weighted by Crippen LogP contribution is 2.31. The van der Waals surface area contributed by atoms with E-state index in [1.807, 2.05) is 6.07 Å². The van der Waals surface area contributed by atoms with E-state index in [1.54, 1.807) is 13.2 Å².